The zero-order chi connectivity index (χ0) is 15.1. The highest BCUT2D eigenvalue weighted by atomic mass is 16.5. The minimum Gasteiger partial charge on any atom is -0.493 e. The molecule has 0 radical (unpaired) electrons. The van der Waals surface area contributed by atoms with E-state index in [4.69, 9.17) is 14.2 Å². The van der Waals surface area contributed by atoms with Crippen molar-refractivity contribution >= 4 is 0 Å². The molecule has 0 atom stereocenters. The SMILES string of the molecule is COCc1c(CCN2CCNCC2)ccc(OC)c1OC. The van der Waals surface area contributed by atoms with E-state index in [2.05, 4.69) is 16.3 Å². The zero-order valence-corrected chi connectivity index (χ0v) is 13.3. The summed E-state index contributed by atoms with van der Waals surface area (Å²) in [5.74, 6) is 1.55. The van der Waals surface area contributed by atoms with E-state index in [9.17, 15) is 0 Å². The average Bonchev–Trinajstić information content (AvgIpc) is 2.54. The predicted molar refractivity (Wildman–Crippen MR) is 83.3 cm³/mol. The molecule has 1 N–H and O–H groups in total. The van der Waals surface area contributed by atoms with Gasteiger partial charge in [0.05, 0.1) is 20.8 Å². The Hall–Kier alpha value is -1.30. The van der Waals surface area contributed by atoms with Crippen LogP contribution >= 0.6 is 0 Å². The fraction of sp³-hybridized carbons (Fsp3) is 0.625. The molecule has 0 aliphatic carbocycles. The molecule has 5 nitrogen and oxygen atoms in total. The van der Waals surface area contributed by atoms with Gasteiger partial charge < -0.3 is 24.4 Å². The van der Waals surface area contributed by atoms with Crippen molar-refractivity contribution in [3.8, 4) is 11.5 Å². The maximum absolute atomic E-state index is 5.52. The van der Waals surface area contributed by atoms with Gasteiger partial charge in [-0.3, -0.25) is 0 Å². The summed E-state index contributed by atoms with van der Waals surface area (Å²) in [6, 6.07) is 4.10. The van der Waals surface area contributed by atoms with Crippen molar-refractivity contribution in [1.82, 2.24) is 10.2 Å². The van der Waals surface area contributed by atoms with Crippen LogP contribution in [-0.2, 0) is 17.8 Å². The summed E-state index contributed by atoms with van der Waals surface area (Å²) in [4.78, 5) is 2.49. The Kier molecular flexibility index (Phi) is 6.29. The first-order chi connectivity index (χ1) is 10.3. The third-order valence-corrected chi connectivity index (χ3v) is 3.94. The van der Waals surface area contributed by atoms with Crippen LogP contribution in [0.5, 0.6) is 11.5 Å². The number of piperazine rings is 1. The van der Waals surface area contributed by atoms with E-state index in [0.29, 0.717) is 6.61 Å². The van der Waals surface area contributed by atoms with Crippen molar-refractivity contribution in [2.45, 2.75) is 13.0 Å². The highest BCUT2D eigenvalue weighted by molar-refractivity contribution is 5.50. The number of rotatable bonds is 7. The molecule has 0 spiro atoms. The molecule has 0 amide bonds. The number of methoxy groups -OCH3 is 3. The van der Waals surface area contributed by atoms with E-state index in [1.807, 2.05) is 6.07 Å². The molecule has 1 heterocycles. The third-order valence-electron chi connectivity index (χ3n) is 3.94. The molecule has 1 fully saturated rings. The van der Waals surface area contributed by atoms with Crippen LogP contribution < -0.4 is 14.8 Å². The van der Waals surface area contributed by atoms with Crippen LogP contribution in [0, 0.1) is 0 Å². The molecule has 5 heteroatoms. The van der Waals surface area contributed by atoms with Gasteiger partial charge in [-0.15, -0.1) is 0 Å². The van der Waals surface area contributed by atoms with E-state index in [-0.39, 0.29) is 0 Å². The van der Waals surface area contributed by atoms with Crippen molar-refractivity contribution in [2.75, 3.05) is 54.1 Å². The second-order valence-electron chi connectivity index (χ2n) is 5.21. The summed E-state index contributed by atoms with van der Waals surface area (Å²) in [7, 11) is 5.05. The Morgan fingerprint density at radius 2 is 1.86 bits per heavy atom. The van der Waals surface area contributed by atoms with Crippen molar-refractivity contribution in [3.05, 3.63) is 23.3 Å². The monoisotopic (exact) mass is 294 g/mol. The van der Waals surface area contributed by atoms with Crippen LogP contribution in [0.3, 0.4) is 0 Å². The van der Waals surface area contributed by atoms with Crippen LogP contribution in [0.2, 0.25) is 0 Å². The summed E-state index contributed by atoms with van der Waals surface area (Å²) >= 11 is 0. The van der Waals surface area contributed by atoms with E-state index in [0.717, 1.165) is 56.2 Å². The van der Waals surface area contributed by atoms with Gasteiger partial charge in [-0.2, -0.15) is 0 Å². The number of ether oxygens (including phenoxy) is 3. The second kappa shape index (κ2) is 8.22. The van der Waals surface area contributed by atoms with Gasteiger partial charge in [-0.25, -0.2) is 0 Å². The number of benzene rings is 1. The molecule has 1 aromatic carbocycles. The lowest BCUT2D eigenvalue weighted by molar-refractivity contribution is 0.179. The first-order valence-corrected chi connectivity index (χ1v) is 7.45. The van der Waals surface area contributed by atoms with Crippen LogP contribution in [0.1, 0.15) is 11.1 Å². The van der Waals surface area contributed by atoms with Crippen LogP contribution in [-0.4, -0.2) is 59.0 Å². The van der Waals surface area contributed by atoms with Gasteiger partial charge in [0.25, 0.3) is 0 Å². The standard InChI is InChI=1S/C16H26N2O3/c1-19-12-14-13(4-5-15(20-2)16(14)21-3)6-9-18-10-7-17-8-11-18/h4-5,17H,6-12H2,1-3H3. The minimum atomic E-state index is 0.539. The molecule has 0 unspecified atom stereocenters. The van der Waals surface area contributed by atoms with Gasteiger partial charge >= 0.3 is 0 Å². The topological polar surface area (TPSA) is 43.0 Å². The van der Waals surface area contributed by atoms with Crippen molar-refractivity contribution in [3.63, 3.8) is 0 Å². The Balaban J connectivity index is 2.13. The molecule has 1 saturated heterocycles. The molecule has 1 aromatic rings. The Labute approximate surface area is 127 Å². The molecule has 0 bridgehead atoms. The Morgan fingerprint density at radius 3 is 2.48 bits per heavy atom. The molecule has 0 aromatic heterocycles. The predicted octanol–water partition coefficient (Wildman–Crippen LogP) is 1.30. The normalized spacial score (nSPS) is 16.0. The molecule has 0 saturated carbocycles. The van der Waals surface area contributed by atoms with E-state index >= 15 is 0 Å². The summed E-state index contributed by atoms with van der Waals surface area (Å²) in [6.07, 6.45) is 0.999. The minimum absolute atomic E-state index is 0.539. The van der Waals surface area contributed by atoms with E-state index in [1.54, 1.807) is 21.3 Å². The van der Waals surface area contributed by atoms with Crippen LogP contribution in [0.4, 0.5) is 0 Å². The summed E-state index contributed by atoms with van der Waals surface area (Å²) in [5, 5.41) is 3.38. The number of hydrogen-bond donors (Lipinski definition) is 1. The van der Waals surface area contributed by atoms with Gasteiger partial charge in [0.15, 0.2) is 11.5 Å². The van der Waals surface area contributed by atoms with E-state index in [1.165, 1.54) is 5.56 Å². The Bertz CT molecular complexity index is 445. The fourth-order valence-electron chi connectivity index (χ4n) is 2.78. The smallest absolute Gasteiger partial charge is 0.166 e. The van der Waals surface area contributed by atoms with Crippen molar-refractivity contribution < 1.29 is 14.2 Å². The molecule has 1 aliphatic rings. The summed E-state index contributed by atoms with van der Waals surface area (Å²) < 4.78 is 16.2. The zero-order valence-electron chi connectivity index (χ0n) is 13.3. The Morgan fingerprint density at radius 1 is 1.10 bits per heavy atom. The molecule has 2 rings (SSSR count). The quantitative estimate of drug-likeness (QED) is 0.821. The van der Waals surface area contributed by atoms with Gasteiger partial charge in [0.1, 0.15) is 0 Å². The summed E-state index contributed by atoms with van der Waals surface area (Å²) in [6.45, 7) is 6.00. The second-order valence-corrected chi connectivity index (χ2v) is 5.21. The van der Waals surface area contributed by atoms with Crippen molar-refractivity contribution in [2.24, 2.45) is 0 Å². The van der Waals surface area contributed by atoms with Gasteiger partial charge in [-0.1, -0.05) is 6.07 Å². The summed E-state index contributed by atoms with van der Waals surface area (Å²) in [5.41, 5.74) is 2.36. The highest BCUT2D eigenvalue weighted by Gasteiger charge is 2.16. The fourth-order valence-corrected chi connectivity index (χ4v) is 2.78. The van der Waals surface area contributed by atoms with Crippen LogP contribution in [0.25, 0.3) is 0 Å². The lowest BCUT2D eigenvalue weighted by Gasteiger charge is -2.27. The molecule has 118 valence electrons. The largest absolute Gasteiger partial charge is 0.493 e. The lowest BCUT2D eigenvalue weighted by atomic mass is 10.0. The van der Waals surface area contributed by atoms with E-state index < -0.39 is 0 Å². The van der Waals surface area contributed by atoms with Crippen molar-refractivity contribution in [1.29, 1.82) is 0 Å². The number of nitrogens with one attached hydrogen (secondary N) is 1. The average molecular weight is 294 g/mol. The molecule has 21 heavy (non-hydrogen) atoms. The van der Waals surface area contributed by atoms with Gasteiger partial charge in [-0.05, 0) is 18.1 Å². The van der Waals surface area contributed by atoms with Gasteiger partial charge in [0.2, 0.25) is 0 Å². The number of hydrogen-bond acceptors (Lipinski definition) is 5. The highest BCUT2D eigenvalue weighted by Crippen LogP contribution is 2.34. The van der Waals surface area contributed by atoms with Gasteiger partial charge in [0, 0.05) is 45.4 Å². The molecular formula is C16H26N2O3. The maximum Gasteiger partial charge on any atom is 0.166 e. The first-order valence-electron chi connectivity index (χ1n) is 7.45. The number of nitrogens with zero attached hydrogens (tertiary/aromatic N) is 1. The maximum atomic E-state index is 5.52. The molecule has 1 aliphatic heterocycles. The lowest BCUT2D eigenvalue weighted by Crippen LogP contribution is -2.44. The molecular weight excluding hydrogens is 268 g/mol. The third kappa shape index (κ3) is 4.09. The van der Waals surface area contributed by atoms with Crippen LogP contribution in [0.15, 0.2) is 12.1 Å². The first kappa shape index (κ1) is 16.1.